The summed E-state index contributed by atoms with van der Waals surface area (Å²) in [6.45, 7) is 4.32. The Morgan fingerprint density at radius 2 is 1.45 bits per heavy atom. The van der Waals surface area contributed by atoms with Crippen molar-refractivity contribution in [2.75, 3.05) is 20.2 Å². The van der Waals surface area contributed by atoms with Crippen molar-refractivity contribution in [3.63, 3.8) is 0 Å². The summed E-state index contributed by atoms with van der Waals surface area (Å²) in [7, 11) is 1.95. The first-order chi connectivity index (χ1) is 13.9. The molecule has 156 valence electrons. The van der Waals surface area contributed by atoms with E-state index in [1.54, 1.807) is 0 Å². The zero-order valence-corrected chi connectivity index (χ0v) is 16.6. The van der Waals surface area contributed by atoms with Crippen LogP contribution in [0.5, 0.6) is 11.5 Å². The predicted molar refractivity (Wildman–Crippen MR) is 110 cm³/mol. The molecule has 7 nitrogen and oxygen atoms in total. The number of nitrogens with one attached hydrogen (secondary N) is 1. The minimum absolute atomic E-state index is 0.456. The summed E-state index contributed by atoms with van der Waals surface area (Å²) >= 11 is 0. The molecule has 0 saturated heterocycles. The number of carboxylic acids is 2. The van der Waals surface area contributed by atoms with Crippen molar-refractivity contribution in [2.24, 2.45) is 5.92 Å². The van der Waals surface area contributed by atoms with E-state index in [1.165, 1.54) is 0 Å². The average Bonchev–Trinajstić information content (AvgIpc) is 2.71. The van der Waals surface area contributed by atoms with Crippen molar-refractivity contribution in [1.29, 1.82) is 0 Å². The average molecular weight is 401 g/mol. The van der Waals surface area contributed by atoms with Crippen LogP contribution in [0.1, 0.15) is 12.5 Å². The highest BCUT2D eigenvalue weighted by Crippen LogP contribution is 2.27. The molecule has 3 N–H and O–H groups in total. The lowest BCUT2D eigenvalue weighted by molar-refractivity contribution is -0.134. The topological polar surface area (TPSA) is 105 Å². The standard InChI is InChI=1S/C18H23NO2.C4H4O4/c1-15(12-19-2)13-20-17-10-6-7-11-18(17)21-14-16-8-4-3-5-9-16;5-3(6)1-2-4(7)8/h3-11,15,19H,12-14H2,1-2H3;1-2H,(H,5,6)(H,7,8)/b;2-1-. The molecule has 0 fully saturated rings. The van der Waals surface area contributed by atoms with E-state index in [-0.39, 0.29) is 0 Å². The van der Waals surface area contributed by atoms with Crippen molar-refractivity contribution < 1.29 is 29.3 Å². The fraction of sp³-hybridized carbons (Fsp3) is 0.273. The Morgan fingerprint density at radius 1 is 0.931 bits per heavy atom. The van der Waals surface area contributed by atoms with E-state index in [0.717, 1.165) is 23.6 Å². The van der Waals surface area contributed by atoms with Crippen molar-refractivity contribution >= 4 is 11.9 Å². The number of hydrogen-bond donors (Lipinski definition) is 3. The molecular weight excluding hydrogens is 374 g/mol. The summed E-state index contributed by atoms with van der Waals surface area (Å²) in [6, 6.07) is 18.0. The Labute approximate surface area is 170 Å². The molecule has 0 aliphatic rings. The van der Waals surface area contributed by atoms with Crippen molar-refractivity contribution in [3.8, 4) is 11.5 Å². The molecule has 0 aliphatic heterocycles. The summed E-state index contributed by atoms with van der Waals surface area (Å²) in [5, 5.41) is 18.8. The Kier molecular flexibility index (Phi) is 11.3. The van der Waals surface area contributed by atoms with Crippen LogP contribution in [0.3, 0.4) is 0 Å². The molecule has 0 heterocycles. The van der Waals surface area contributed by atoms with Crippen molar-refractivity contribution in [2.45, 2.75) is 13.5 Å². The number of ether oxygens (including phenoxy) is 2. The molecule has 0 amide bonds. The van der Waals surface area contributed by atoms with Crippen LogP contribution in [0, 0.1) is 5.92 Å². The van der Waals surface area contributed by atoms with Crippen LogP contribution < -0.4 is 14.8 Å². The van der Waals surface area contributed by atoms with Gasteiger partial charge in [-0.05, 0) is 24.7 Å². The normalized spacial score (nSPS) is 11.2. The van der Waals surface area contributed by atoms with Crippen LogP contribution in [-0.2, 0) is 16.2 Å². The zero-order chi connectivity index (χ0) is 21.5. The van der Waals surface area contributed by atoms with Crippen LogP contribution in [0.25, 0.3) is 0 Å². The van der Waals surface area contributed by atoms with Gasteiger partial charge >= 0.3 is 11.9 Å². The first-order valence-corrected chi connectivity index (χ1v) is 9.09. The second-order valence-electron chi connectivity index (χ2n) is 6.20. The molecule has 0 bridgehead atoms. The van der Waals surface area contributed by atoms with Crippen LogP contribution in [0.15, 0.2) is 66.7 Å². The third-order valence-corrected chi connectivity index (χ3v) is 3.53. The molecule has 0 aromatic heterocycles. The maximum absolute atomic E-state index is 9.55. The number of rotatable bonds is 10. The Morgan fingerprint density at radius 3 is 1.97 bits per heavy atom. The predicted octanol–water partition coefficient (Wildman–Crippen LogP) is 3.21. The fourth-order valence-electron chi connectivity index (χ4n) is 2.21. The van der Waals surface area contributed by atoms with Gasteiger partial charge in [0.25, 0.3) is 0 Å². The van der Waals surface area contributed by atoms with E-state index in [9.17, 15) is 9.59 Å². The van der Waals surface area contributed by atoms with Gasteiger partial charge in [-0.1, -0.05) is 49.4 Å². The van der Waals surface area contributed by atoms with Gasteiger partial charge in [0, 0.05) is 24.6 Å². The van der Waals surface area contributed by atoms with Gasteiger partial charge in [0.05, 0.1) is 6.61 Å². The molecule has 0 radical (unpaired) electrons. The summed E-state index contributed by atoms with van der Waals surface area (Å²) in [5.74, 6) is -0.466. The number of hydrogen-bond acceptors (Lipinski definition) is 5. The smallest absolute Gasteiger partial charge is 0.328 e. The summed E-state index contributed by atoms with van der Waals surface area (Å²) in [4.78, 5) is 19.1. The first kappa shape index (κ1) is 23.7. The van der Waals surface area contributed by atoms with Gasteiger partial charge in [0.15, 0.2) is 11.5 Å². The highest BCUT2D eigenvalue weighted by atomic mass is 16.5. The lowest BCUT2D eigenvalue weighted by atomic mass is 10.2. The Hall–Kier alpha value is -3.32. The van der Waals surface area contributed by atoms with Gasteiger partial charge < -0.3 is 25.0 Å². The fourth-order valence-corrected chi connectivity index (χ4v) is 2.21. The Bertz CT molecular complexity index is 760. The minimum Gasteiger partial charge on any atom is -0.489 e. The second kappa shape index (κ2) is 13.8. The molecule has 0 aliphatic carbocycles. The number of benzene rings is 2. The molecule has 7 heteroatoms. The maximum atomic E-state index is 9.55. The van der Waals surface area contributed by atoms with E-state index >= 15 is 0 Å². The van der Waals surface area contributed by atoms with E-state index in [1.807, 2.05) is 49.5 Å². The summed E-state index contributed by atoms with van der Waals surface area (Å²) in [6.07, 6.45) is 1.12. The van der Waals surface area contributed by atoms with E-state index in [2.05, 4.69) is 24.4 Å². The van der Waals surface area contributed by atoms with Gasteiger partial charge in [0.2, 0.25) is 0 Å². The van der Waals surface area contributed by atoms with E-state index < -0.39 is 11.9 Å². The molecule has 1 unspecified atom stereocenters. The Balaban J connectivity index is 0.000000447. The highest BCUT2D eigenvalue weighted by molar-refractivity contribution is 5.89. The SMILES string of the molecule is CNCC(C)COc1ccccc1OCc1ccccc1.O=C(O)/C=C\C(=O)O. The lowest BCUT2D eigenvalue weighted by Crippen LogP contribution is -2.21. The molecule has 1 atom stereocenters. The molecule has 29 heavy (non-hydrogen) atoms. The van der Waals surface area contributed by atoms with Gasteiger partial charge in [-0.15, -0.1) is 0 Å². The highest BCUT2D eigenvalue weighted by Gasteiger charge is 2.07. The van der Waals surface area contributed by atoms with Crippen molar-refractivity contribution in [3.05, 3.63) is 72.3 Å². The minimum atomic E-state index is -1.26. The second-order valence-corrected chi connectivity index (χ2v) is 6.20. The third kappa shape index (κ3) is 11.2. The largest absolute Gasteiger partial charge is 0.489 e. The van der Waals surface area contributed by atoms with Gasteiger partial charge in [-0.2, -0.15) is 0 Å². The lowest BCUT2D eigenvalue weighted by Gasteiger charge is -2.15. The van der Waals surface area contributed by atoms with Crippen LogP contribution in [0.2, 0.25) is 0 Å². The third-order valence-electron chi connectivity index (χ3n) is 3.53. The number of para-hydroxylation sites is 2. The van der Waals surface area contributed by atoms with Crippen LogP contribution in [-0.4, -0.2) is 42.4 Å². The zero-order valence-electron chi connectivity index (χ0n) is 16.6. The molecule has 2 rings (SSSR count). The summed E-state index contributed by atoms with van der Waals surface area (Å²) < 4.78 is 11.7. The van der Waals surface area contributed by atoms with Gasteiger partial charge in [-0.3, -0.25) is 0 Å². The quantitative estimate of drug-likeness (QED) is 0.525. The number of carbonyl (C=O) groups is 2. The maximum Gasteiger partial charge on any atom is 0.328 e. The molecule has 2 aromatic rings. The molecular formula is C22H27NO6. The van der Waals surface area contributed by atoms with Crippen LogP contribution >= 0.6 is 0 Å². The number of aliphatic carboxylic acids is 2. The first-order valence-electron chi connectivity index (χ1n) is 9.09. The van der Waals surface area contributed by atoms with Crippen molar-refractivity contribution in [1.82, 2.24) is 5.32 Å². The molecule has 0 spiro atoms. The monoisotopic (exact) mass is 401 g/mol. The van der Waals surface area contributed by atoms with E-state index in [4.69, 9.17) is 19.7 Å². The number of carboxylic acid groups (broad SMARTS) is 2. The van der Waals surface area contributed by atoms with E-state index in [0.29, 0.717) is 31.3 Å². The molecule has 0 saturated carbocycles. The van der Waals surface area contributed by atoms with Crippen LogP contribution in [0.4, 0.5) is 0 Å². The van der Waals surface area contributed by atoms with Gasteiger partial charge in [0.1, 0.15) is 6.61 Å². The van der Waals surface area contributed by atoms with Gasteiger partial charge in [-0.25, -0.2) is 9.59 Å². The summed E-state index contributed by atoms with van der Waals surface area (Å²) in [5.41, 5.74) is 1.15. The molecule has 2 aromatic carbocycles.